The van der Waals surface area contributed by atoms with Crippen LogP contribution in [0.3, 0.4) is 0 Å². The van der Waals surface area contributed by atoms with Crippen LogP contribution in [0.5, 0.6) is 5.75 Å². The number of aryl methyl sites for hydroxylation is 2. The maximum Gasteiger partial charge on any atom is 0.289 e. The summed E-state index contributed by atoms with van der Waals surface area (Å²) in [7, 11) is 0. The zero-order valence-corrected chi connectivity index (χ0v) is 16.9. The Bertz CT molecular complexity index is 1150. The number of oxazole rings is 1. The van der Waals surface area contributed by atoms with E-state index in [2.05, 4.69) is 10.3 Å². The Morgan fingerprint density at radius 2 is 2.00 bits per heavy atom. The van der Waals surface area contributed by atoms with E-state index in [4.69, 9.17) is 9.15 Å². The molecule has 2 heterocycles. The van der Waals surface area contributed by atoms with Crippen molar-refractivity contribution in [2.45, 2.75) is 33.3 Å². The summed E-state index contributed by atoms with van der Waals surface area (Å²) in [5.41, 5.74) is 3.78. The molecule has 0 radical (unpaired) electrons. The van der Waals surface area contributed by atoms with Crippen LogP contribution >= 0.6 is 0 Å². The van der Waals surface area contributed by atoms with Crippen molar-refractivity contribution in [1.82, 2.24) is 10.3 Å². The molecule has 3 aromatic rings. The first-order chi connectivity index (χ1) is 14.3. The van der Waals surface area contributed by atoms with E-state index in [0.717, 1.165) is 11.1 Å². The van der Waals surface area contributed by atoms with Gasteiger partial charge in [0.1, 0.15) is 17.7 Å². The van der Waals surface area contributed by atoms with Gasteiger partial charge in [0.05, 0.1) is 12.2 Å². The lowest BCUT2D eigenvalue weighted by molar-refractivity contribution is 0.0904. The van der Waals surface area contributed by atoms with E-state index in [1.807, 2.05) is 19.1 Å². The summed E-state index contributed by atoms with van der Waals surface area (Å²) >= 11 is 0. The van der Waals surface area contributed by atoms with Crippen molar-refractivity contribution in [3.63, 3.8) is 0 Å². The van der Waals surface area contributed by atoms with Crippen LogP contribution in [0.1, 0.15) is 44.7 Å². The van der Waals surface area contributed by atoms with Crippen molar-refractivity contribution in [3.05, 3.63) is 70.7 Å². The van der Waals surface area contributed by atoms with Gasteiger partial charge in [-0.15, -0.1) is 0 Å². The zero-order chi connectivity index (χ0) is 21.4. The number of carbonyl (C=O) groups excluding carboxylic acids is 2. The maximum atomic E-state index is 14.6. The fourth-order valence-corrected chi connectivity index (χ4v) is 3.66. The quantitative estimate of drug-likeness (QED) is 0.645. The first-order valence-electron chi connectivity index (χ1n) is 9.63. The monoisotopic (exact) mass is 408 g/mol. The van der Waals surface area contributed by atoms with Gasteiger partial charge in [-0.05, 0) is 56.2 Å². The predicted molar refractivity (Wildman–Crippen MR) is 108 cm³/mol. The van der Waals surface area contributed by atoms with Gasteiger partial charge in [-0.25, -0.2) is 9.37 Å². The van der Waals surface area contributed by atoms with Gasteiger partial charge in [-0.2, -0.15) is 0 Å². The van der Waals surface area contributed by atoms with E-state index in [-0.39, 0.29) is 30.1 Å². The molecule has 1 aliphatic heterocycles. The van der Waals surface area contributed by atoms with Gasteiger partial charge in [-0.1, -0.05) is 6.07 Å². The van der Waals surface area contributed by atoms with Crippen LogP contribution in [-0.2, 0) is 6.42 Å². The minimum Gasteiger partial charge on any atom is -0.487 e. The van der Waals surface area contributed by atoms with Crippen molar-refractivity contribution in [3.8, 4) is 16.9 Å². The summed E-state index contributed by atoms with van der Waals surface area (Å²) in [4.78, 5) is 27.9. The molecule has 1 amide bonds. The number of ether oxygens (including phenoxy) is 1. The number of aromatic nitrogens is 1. The number of hydrogen-bond donors (Lipinski definition) is 1. The van der Waals surface area contributed by atoms with Crippen LogP contribution in [0.4, 0.5) is 4.39 Å². The Labute approximate surface area is 173 Å². The third-order valence-electron chi connectivity index (χ3n) is 5.15. The second-order valence-corrected chi connectivity index (χ2v) is 7.47. The predicted octanol–water partition coefficient (Wildman–Crippen LogP) is 4.03. The summed E-state index contributed by atoms with van der Waals surface area (Å²) in [6.45, 7) is 5.34. The molecule has 6 nitrogen and oxygen atoms in total. The normalized spacial score (nSPS) is 14.9. The van der Waals surface area contributed by atoms with Crippen LogP contribution in [0.25, 0.3) is 11.1 Å². The number of carbonyl (C=O) groups is 2. The van der Waals surface area contributed by atoms with Crippen LogP contribution in [-0.4, -0.2) is 29.3 Å². The molecule has 30 heavy (non-hydrogen) atoms. The molecule has 0 aliphatic carbocycles. The van der Waals surface area contributed by atoms with Gasteiger partial charge < -0.3 is 14.5 Å². The standard InChI is InChI=1S/C23H21FN2O4/c1-12-6-16-8-17(10-25-23(28)21-13(2)26-11-29-21)30-22(16)19(7-12)18-9-15(14(3)27)4-5-20(18)24/h4-7,9,11,17H,8,10H2,1-3H3,(H,25,28)/t17-/m1/s1. The molecule has 0 bridgehead atoms. The van der Waals surface area contributed by atoms with E-state index >= 15 is 0 Å². The van der Waals surface area contributed by atoms with Gasteiger partial charge >= 0.3 is 0 Å². The summed E-state index contributed by atoms with van der Waals surface area (Å²) in [5, 5.41) is 2.80. The number of hydrogen-bond acceptors (Lipinski definition) is 5. The van der Waals surface area contributed by atoms with E-state index in [1.165, 1.54) is 25.5 Å². The van der Waals surface area contributed by atoms with Crippen LogP contribution < -0.4 is 10.1 Å². The molecule has 154 valence electrons. The molecule has 0 saturated carbocycles. The third kappa shape index (κ3) is 3.70. The Hall–Kier alpha value is -3.48. The van der Waals surface area contributed by atoms with E-state index in [1.54, 1.807) is 13.0 Å². The van der Waals surface area contributed by atoms with Crippen molar-refractivity contribution in [1.29, 1.82) is 0 Å². The highest BCUT2D eigenvalue weighted by Crippen LogP contribution is 2.41. The Kier molecular flexibility index (Phi) is 5.11. The largest absolute Gasteiger partial charge is 0.487 e. The fraction of sp³-hybridized carbons (Fsp3) is 0.261. The molecule has 0 fully saturated rings. The lowest BCUT2D eigenvalue weighted by Gasteiger charge is -2.14. The number of Topliss-reactive ketones (excluding diaryl/α,β-unsaturated/α-hetero) is 1. The number of rotatable bonds is 5. The number of benzene rings is 2. The average Bonchev–Trinajstić information content (AvgIpc) is 3.31. The van der Waals surface area contributed by atoms with Gasteiger partial charge in [-0.3, -0.25) is 9.59 Å². The smallest absolute Gasteiger partial charge is 0.289 e. The third-order valence-corrected chi connectivity index (χ3v) is 5.15. The van der Waals surface area contributed by atoms with Gasteiger partial charge in [0.15, 0.2) is 12.2 Å². The Balaban J connectivity index is 1.58. The summed E-state index contributed by atoms with van der Waals surface area (Å²) in [6, 6.07) is 8.17. The van der Waals surface area contributed by atoms with Crippen molar-refractivity contribution in [2.75, 3.05) is 6.54 Å². The second-order valence-electron chi connectivity index (χ2n) is 7.47. The second kappa shape index (κ2) is 7.74. The first kappa shape index (κ1) is 19.8. The summed E-state index contributed by atoms with van der Waals surface area (Å²) < 4.78 is 25.8. The van der Waals surface area contributed by atoms with Gasteiger partial charge in [0, 0.05) is 23.1 Å². The lowest BCUT2D eigenvalue weighted by Crippen LogP contribution is -2.34. The SMILES string of the molecule is CC(=O)c1ccc(F)c(-c2cc(C)cc3c2O[C@@H](CNC(=O)c2ocnc2C)C3)c1. The van der Waals surface area contributed by atoms with Crippen molar-refractivity contribution in [2.24, 2.45) is 0 Å². The molecule has 0 saturated heterocycles. The molecule has 1 N–H and O–H groups in total. The highest BCUT2D eigenvalue weighted by atomic mass is 19.1. The fourth-order valence-electron chi connectivity index (χ4n) is 3.66. The minimum absolute atomic E-state index is 0.134. The van der Waals surface area contributed by atoms with Crippen molar-refractivity contribution < 1.29 is 23.1 Å². The molecule has 7 heteroatoms. The van der Waals surface area contributed by atoms with E-state index in [0.29, 0.717) is 34.6 Å². The molecule has 0 unspecified atom stereocenters. The minimum atomic E-state index is -0.422. The van der Waals surface area contributed by atoms with Gasteiger partial charge in [0.2, 0.25) is 5.76 Å². The van der Waals surface area contributed by atoms with Gasteiger partial charge in [0.25, 0.3) is 5.91 Å². The number of amides is 1. The summed E-state index contributed by atoms with van der Waals surface area (Å²) in [5.74, 6) is -0.166. The first-order valence-corrected chi connectivity index (χ1v) is 9.63. The molecule has 1 aliphatic rings. The number of halogens is 1. The highest BCUT2D eigenvalue weighted by molar-refractivity contribution is 5.95. The average molecular weight is 408 g/mol. The number of nitrogens with zero attached hydrogens (tertiary/aromatic N) is 1. The zero-order valence-electron chi connectivity index (χ0n) is 16.9. The molecule has 2 aromatic carbocycles. The lowest BCUT2D eigenvalue weighted by atomic mass is 9.95. The topological polar surface area (TPSA) is 81.4 Å². The molecule has 0 spiro atoms. The van der Waals surface area contributed by atoms with E-state index in [9.17, 15) is 14.0 Å². The van der Waals surface area contributed by atoms with Crippen molar-refractivity contribution >= 4 is 11.7 Å². The number of nitrogens with one attached hydrogen (secondary N) is 1. The maximum absolute atomic E-state index is 14.6. The molecule has 1 atom stereocenters. The molecule has 1 aromatic heterocycles. The summed E-state index contributed by atoms with van der Waals surface area (Å²) in [6.07, 6.45) is 1.50. The highest BCUT2D eigenvalue weighted by Gasteiger charge is 2.28. The number of fused-ring (bicyclic) bond motifs is 1. The van der Waals surface area contributed by atoms with Crippen LogP contribution in [0, 0.1) is 19.7 Å². The molecular weight excluding hydrogens is 387 g/mol. The Morgan fingerprint density at radius 3 is 2.70 bits per heavy atom. The molecular formula is C23H21FN2O4. The van der Waals surface area contributed by atoms with E-state index < -0.39 is 5.82 Å². The Morgan fingerprint density at radius 1 is 1.20 bits per heavy atom. The van der Waals surface area contributed by atoms with Crippen LogP contribution in [0.15, 0.2) is 41.1 Å². The molecule has 4 rings (SSSR count). The number of ketones is 1. The van der Waals surface area contributed by atoms with Crippen LogP contribution in [0.2, 0.25) is 0 Å².